The standard InChI is InChI=1S/C9H12N4O2/c1-2-11-9(15)13-12-8(14)7-4-3-5-10-6-7/h3-6H,2H2,1H3,(H,12,14)(H2,11,13,15). The summed E-state index contributed by atoms with van der Waals surface area (Å²) < 4.78 is 0. The second-order valence-corrected chi connectivity index (χ2v) is 2.68. The number of aromatic nitrogens is 1. The SMILES string of the molecule is CCNC(=O)NNC(=O)c1cccnc1. The first-order valence-electron chi connectivity index (χ1n) is 4.48. The van der Waals surface area contributed by atoms with Gasteiger partial charge >= 0.3 is 6.03 Å². The molecule has 0 bridgehead atoms. The molecule has 0 spiro atoms. The van der Waals surface area contributed by atoms with E-state index >= 15 is 0 Å². The average Bonchev–Trinajstić information content (AvgIpc) is 2.27. The van der Waals surface area contributed by atoms with Crippen molar-refractivity contribution in [2.75, 3.05) is 6.54 Å². The summed E-state index contributed by atoms with van der Waals surface area (Å²) in [6.07, 6.45) is 2.97. The molecule has 0 atom stereocenters. The molecule has 0 aromatic carbocycles. The molecule has 0 radical (unpaired) electrons. The monoisotopic (exact) mass is 208 g/mol. The summed E-state index contributed by atoms with van der Waals surface area (Å²) >= 11 is 0. The van der Waals surface area contributed by atoms with E-state index in [1.807, 2.05) is 0 Å². The number of amides is 3. The highest BCUT2D eigenvalue weighted by Crippen LogP contribution is 1.93. The van der Waals surface area contributed by atoms with Crippen LogP contribution in [0.4, 0.5) is 4.79 Å². The van der Waals surface area contributed by atoms with Crippen molar-refractivity contribution in [2.45, 2.75) is 6.92 Å². The van der Waals surface area contributed by atoms with Crippen LogP contribution in [-0.2, 0) is 0 Å². The molecule has 3 amide bonds. The fourth-order valence-electron chi connectivity index (χ4n) is 0.888. The van der Waals surface area contributed by atoms with Crippen molar-refractivity contribution in [3.05, 3.63) is 30.1 Å². The summed E-state index contributed by atoms with van der Waals surface area (Å²) in [6.45, 7) is 2.27. The number of hydrazine groups is 1. The Kier molecular flexibility index (Phi) is 4.08. The fourth-order valence-corrected chi connectivity index (χ4v) is 0.888. The summed E-state index contributed by atoms with van der Waals surface area (Å²) in [5.41, 5.74) is 4.83. The van der Waals surface area contributed by atoms with Crippen LogP contribution in [0.5, 0.6) is 0 Å². The lowest BCUT2D eigenvalue weighted by molar-refractivity contribution is 0.0936. The van der Waals surface area contributed by atoms with E-state index in [0.717, 1.165) is 0 Å². The Hall–Kier alpha value is -2.11. The van der Waals surface area contributed by atoms with Crippen molar-refractivity contribution in [1.29, 1.82) is 0 Å². The van der Waals surface area contributed by atoms with E-state index in [-0.39, 0.29) is 0 Å². The van der Waals surface area contributed by atoms with Crippen molar-refractivity contribution in [1.82, 2.24) is 21.2 Å². The third kappa shape index (κ3) is 3.63. The van der Waals surface area contributed by atoms with E-state index in [4.69, 9.17) is 0 Å². The maximum absolute atomic E-state index is 11.4. The zero-order valence-corrected chi connectivity index (χ0v) is 8.28. The molecular formula is C9H12N4O2. The van der Waals surface area contributed by atoms with Crippen LogP contribution in [0.25, 0.3) is 0 Å². The van der Waals surface area contributed by atoms with Crippen LogP contribution in [-0.4, -0.2) is 23.5 Å². The summed E-state index contributed by atoms with van der Waals surface area (Å²) in [5.74, 6) is -0.408. The minimum absolute atomic E-state index is 0.384. The highest BCUT2D eigenvalue weighted by Gasteiger charge is 2.05. The van der Waals surface area contributed by atoms with Crippen LogP contribution in [0.1, 0.15) is 17.3 Å². The Labute approximate surface area is 87.1 Å². The minimum Gasteiger partial charge on any atom is -0.337 e. The van der Waals surface area contributed by atoms with Crippen LogP contribution in [0.15, 0.2) is 24.5 Å². The van der Waals surface area contributed by atoms with Gasteiger partial charge in [-0.2, -0.15) is 0 Å². The van der Waals surface area contributed by atoms with Crippen LogP contribution < -0.4 is 16.2 Å². The molecule has 1 aromatic heterocycles. The lowest BCUT2D eigenvalue weighted by Crippen LogP contribution is -2.46. The lowest BCUT2D eigenvalue weighted by atomic mass is 10.3. The van der Waals surface area contributed by atoms with Gasteiger partial charge in [-0.3, -0.25) is 15.2 Å². The van der Waals surface area contributed by atoms with Gasteiger partial charge in [0.1, 0.15) is 0 Å². The van der Waals surface area contributed by atoms with Gasteiger partial charge in [-0.15, -0.1) is 0 Å². The second-order valence-electron chi connectivity index (χ2n) is 2.68. The van der Waals surface area contributed by atoms with Crippen molar-refractivity contribution >= 4 is 11.9 Å². The molecule has 0 aliphatic rings. The third-order valence-electron chi connectivity index (χ3n) is 1.55. The molecular weight excluding hydrogens is 196 g/mol. The number of pyridine rings is 1. The Balaban J connectivity index is 2.40. The molecule has 6 heteroatoms. The molecule has 6 nitrogen and oxygen atoms in total. The quantitative estimate of drug-likeness (QED) is 0.600. The van der Waals surface area contributed by atoms with Crippen molar-refractivity contribution in [3.63, 3.8) is 0 Å². The zero-order chi connectivity index (χ0) is 11.1. The average molecular weight is 208 g/mol. The number of carbonyl (C=O) groups is 2. The topological polar surface area (TPSA) is 83.1 Å². The van der Waals surface area contributed by atoms with Gasteiger partial charge < -0.3 is 5.32 Å². The molecule has 0 fully saturated rings. The number of carbonyl (C=O) groups excluding carboxylic acids is 2. The van der Waals surface area contributed by atoms with E-state index in [9.17, 15) is 9.59 Å². The molecule has 0 unspecified atom stereocenters. The van der Waals surface area contributed by atoms with Crippen molar-refractivity contribution in [2.24, 2.45) is 0 Å². The Bertz CT molecular complexity index is 339. The van der Waals surface area contributed by atoms with E-state index in [1.165, 1.54) is 6.20 Å². The zero-order valence-electron chi connectivity index (χ0n) is 8.28. The smallest absolute Gasteiger partial charge is 0.333 e. The number of nitrogens with zero attached hydrogens (tertiary/aromatic N) is 1. The molecule has 1 rings (SSSR count). The molecule has 15 heavy (non-hydrogen) atoms. The maximum atomic E-state index is 11.4. The molecule has 3 N–H and O–H groups in total. The number of hydrogen-bond acceptors (Lipinski definition) is 3. The predicted molar refractivity (Wildman–Crippen MR) is 53.9 cm³/mol. The van der Waals surface area contributed by atoms with E-state index in [1.54, 1.807) is 25.3 Å². The molecule has 0 aliphatic carbocycles. The van der Waals surface area contributed by atoms with Gasteiger partial charge in [-0.05, 0) is 19.1 Å². The van der Waals surface area contributed by atoms with Gasteiger partial charge in [0.2, 0.25) is 0 Å². The first-order chi connectivity index (χ1) is 7.24. The van der Waals surface area contributed by atoms with Crippen LogP contribution in [0.3, 0.4) is 0 Å². The van der Waals surface area contributed by atoms with Gasteiger partial charge in [-0.1, -0.05) is 0 Å². The molecule has 0 saturated carbocycles. The minimum atomic E-state index is -0.449. The highest BCUT2D eigenvalue weighted by molar-refractivity contribution is 5.94. The van der Waals surface area contributed by atoms with Gasteiger partial charge in [-0.25, -0.2) is 10.2 Å². The number of rotatable bonds is 2. The molecule has 1 aromatic rings. The number of nitrogens with one attached hydrogen (secondary N) is 3. The molecule has 1 heterocycles. The normalized spacial score (nSPS) is 9.13. The fraction of sp³-hybridized carbons (Fsp3) is 0.222. The van der Waals surface area contributed by atoms with Crippen LogP contribution >= 0.6 is 0 Å². The highest BCUT2D eigenvalue weighted by atomic mass is 16.2. The Morgan fingerprint density at radius 2 is 2.20 bits per heavy atom. The molecule has 0 aliphatic heterocycles. The first kappa shape index (κ1) is 11.0. The summed E-state index contributed by atoms with van der Waals surface area (Å²) in [4.78, 5) is 26.1. The van der Waals surface area contributed by atoms with E-state index in [0.29, 0.717) is 12.1 Å². The van der Waals surface area contributed by atoms with Crippen LogP contribution in [0, 0.1) is 0 Å². The Morgan fingerprint density at radius 3 is 2.80 bits per heavy atom. The largest absolute Gasteiger partial charge is 0.337 e. The molecule has 0 saturated heterocycles. The van der Waals surface area contributed by atoms with E-state index in [2.05, 4.69) is 21.2 Å². The molecule has 80 valence electrons. The van der Waals surface area contributed by atoms with Crippen molar-refractivity contribution in [3.8, 4) is 0 Å². The second kappa shape index (κ2) is 5.58. The van der Waals surface area contributed by atoms with Gasteiger partial charge in [0.15, 0.2) is 0 Å². The maximum Gasteiger partial charge on any atom is 0.333 e. The third-order valence-corrected chi connectivity index (χ3v) is 1.55. The number of urea groups is 1. The van der Waals surface area contributed by atoms with Crippen molar-refractivity contribution < 1.29 is 9.59 Å². The predicted octanol–water partition coefficient (Wildman–Crippen LogP) is 0.0455. The first-order valence-corrected chi connectivity index (χ1v) is 4.48. The Morgan fingerprint density at radius 1 is 1.40 bits per heavy atom. The lowest BCUT2D eigenvalue weighted by Gasteiger charge is -2.06. The van der Waals surface area contributed by atoms with Gasteiger partial charge in [0.05, 0.1) is 5.56 Å². The number of hydrogen-bond donors (Lipinski definition) is 3. The summed E-state index contributed by atoms with van der Waals surface area (Å²) in [5, 5.41) is 2.47. The summed E-state index contributed by atoms with van der Waals surface area (Å²) in [7, 11) is 0. The van der Waals surface area contributed by atoms with Crippen LogP contribution in [0.2, 0.25) is 0 Å². The van der Waals surface area contributed by atoms with Gasteiger partial charge in [0, 0.05) is 18.9 Å². The summed E-state index contributed by atoms with van der Waals surface area (Å²) in [6, 6.07) is 2.79. The van der Waals surface area contributed by atoms with E-state index < -0.39 is 11.9 Å². The van der Waals surface area contributed by atoms with Gasteiger partial charge in [0.25, 0.3) is 5.91 Å².